The summed E-state index contributed by atoms with van der Waals surface area (Å²) < 4.78 is 7.50. The molecule has 6 heteroatoms. The molecule has 1 heterocycles. The first kappa shape index (κ1) is 23.1. The summed E-state index contributed by atoms with van der Waals surface area (Å²) in [6.45, 7) is 10.6. The first-order chi connectivity index (χ1) is 14.7. The summed E-state index contributed by atoms with van der Waals surface area (Å²) in [4.78, 5) is 25.2. The van der Waals surface area contributed by atoms with Gasteiger partial charge in [-0.3, -0.25) is 4.79 Å². The molecule has 0 aliphatic heterocycles. The van der Waals surface area contributed by atoms with Crippen LogP contribution in [0.1, 0.15) is 69.8 Å². The van der Waals surface area contributed by atoms with Crippen LogP contribution in [0.2, 0.25) is 0 Å². The van der Waals surface area contributed by atoms with Crippen molar-refractivity contribution in [3.8, 4) is 6.07 Å². The number of fused-ring (bicyclic) bond motifs is 2. The van der Waals surface area contributed by atoms with Crippen LogP contribution in [-0.4, -0.2) is 28.6 Å². The zero-order valence-electron chi connectivity index (χ0n) is 19.4. The summed E-state index contributed by atoms with van der Waals surface area (Å²) in [6.07, 6.45) is 6.65. The molecule has 2 bridgehead atoms. The van der Waals surface area contributed by atoms with Crippen LogP contribution in [0.4, 0.5) is 0 Å². The number of aryl methyl sites for hydroxylation is 1. The Hall–Kier alpha value is -2.55. The van der Waals surface area contributed by atoms with Crippen LogP contribution in [0.3, 0.4) is 0 Å². The van der Waals surface area contributed by atoms with Gasteiger partial charge >= 0.3 is 5.97 Å². The van der Waals surface area contributed by atoms with Crippen LogP contribution in [0.25, 0.3) is 6.08 Å². The molecule has 2 aliphatic carbocycles. The van der Waals surface area contributed by atoms with Crippen molar-refractivity contribution >= 4 is 18.0 Å². The molecule has 31 heavy (non-hydrogen) atoms. The third kappa shape index (κ3) is 5.03. The minimum Gasteiger partial charge on any atom is -0.448 e. The van der Waals surface area contributed by atoms with Gasteiger partial charge in [0.05, 0.1) is 0 Å². The van der Waals surface area contributed by atoms with Crippen molar-refractivity contribution in [3.63, 3.8) is 0 Å². The van der Waals surface area contributed by atoms with Gasteiger partial charge in [0.25, 0.3) is 5.91 Å². The molecule has 2 aliphatic rings. The van der Waals surface area contributed by atoms with E-state index in [0.717, 1.165) is 35.8 Å². The van der Waals surface area contributed by atoms with E-state index in [-0.39, 0.29) is 17.5 Å². The molecule has 1 amide bonds. The van der Waals surface area contributed by atoms with E-state index in [0.29, 0.717) is 11.8 Å². The standard InChI is InChI=1S/C25H35N3O3/c1-6-9-28-15(2)10-21(17(28)4)13-22(14-26)25(30)31-18(5)24(29)27-16(3)23-12-19-7-8-20(23)11-19/h10,13,16,18-20,23H,6-9,11-12H2,1-5H3,(H,27,29)/b22-13-/t16-,18-,19+,20+,23-/m0/s1. The van der Waals surface area contributed by atoms with E-state index in [9.17, 15) is 14.9 Å². The fourth-order valence-corrected chi connectivity index (χ4v) is 5.47. The van der Waals surface area contributed by atoms with Crippen LogP contribution >= 0.6 is 0 Å². The molecule has 0 spiro atoms. The molecule has 2 fully saturated rings. The number of nitriles is 1. The van der Waals surface area contributed by atoms with E-state index < -0.39 is 12.1 Å². The highest BCUT2D eigenvalue weighted by Crippen LogP contribution is 2.49. The SMILES string of the molecule is CCCn1c(C)cc(/C=C(/C#N)C(=O)O[C@@H](C)C(=O)N[C@@H](C)[C@@H]2C[C@@H]3CC[C@@H]2C3)c1C. The Labute approximate surface area is 185 Å². The first-order valence-electron chi connectivity index (χ1n) is 11.5. The topological polar surface area (TPSA) is 84.1 Å². The summed E-state index contributed by atoms with van der Waals surface area (Å²) in [5, 5.41) is 12.5. The van der Waals surface area contributed by atoms with Gasteiger partial charge in [0.15, 0.2) is 6.10 Å². The highest BCUT2D eigenvalue weighted by molar-refractivity contribution is 5.99. The third-order valence-corrected chi connectivity index (χ3v) is 7.16. The van der Waals surface area contributed by atoms with Crippen LogP contribution in [0.5, 0.6) is 0 Å². The van der Waals surface area contributed by atoms with Gasteiger partial charge < -0.3 is 14.6 Å². The maximum atomic E-state index is 12.6. The van der Waals surface area contributed by atoms with Crippen molar-refractivity contribution in [1.29, 1.82) is 5.26 Å². The van der Waals surface area contributed by atoms with E-state index in [4.69, 9.17) is 4.74 Å². The third-order valence-electron chi connectivity index (χ3n) is 7.16. The molecular weight excluding hydrogens is 390 g/mol. The van der Waals surface area contributed by atoms with Gasteiger partial charge in [-0.15, -0.1) is 0 Å². The average Bonchev–Trinajstić information content (AvgIpc) is 3.43. The Morgan fingerprint density at radius 3 is 2.65 bits per heavy atom. The lowest BCUT2D eigenvalue weighted by molar-refractivity contribution is -0.151. The maximum absolute atomic E-state index is 12.6. The van der Waals surface area contributed by atoms with E-state index in [1.54, 1.807) is 13.0 Å². The van der Waals surface area contributed by atoms with Crippen molar-refractivity contribution in [1.82, 2.24) is 9.88 Å². The van der Waals surface area contributed by atoms with Crippen LogP contribution in [0.15, 0.2) is 11.6 Å². The predicted octanol–water partition coefficient (Wildman–Crippen LogP) is 4.29. The lowest BCUT2D eigenvalue weighted by atomic mass is 9.84. The number of ether oxygens (including phenoxy) is 1. The molecule has 3 rings (SSSR count). The Balaban J connectivity index is 1.61. The lowest BCUT2D eigenvalue weighted by Gasteiger charge is -2.29. The summed E-state index contributed by atoms with van der Waals surface area (Å²) in [6, 6.07) is 3.96. The molecule has 6 nitrogen and oxygen atoms in total. The molecule has 0 radical (unpaired) electrons. The molecular formula is C25H35N3O3. The van der Waals surface area contributed by atoms with Crippen molar-refractivity contribution in [2.75, 3.05) is 0 Å². The number of amides is 1. The molecule has 0 saturated heterocycles. The summed E-state index contributed by atoms with van der Waals surface area (Å²) in [5.41, 5.74) is 2.81. The lowest BCUT2D eigenvalue weighted by Crippen LogP contribution is -2.45. The molecule has 2 saturated carbocycles. The largest absolute Gasteiger partial charge is 0.448 e. The average molecular weight is 426 g/mol. The van der Waals surface area contributed by atoms with E-state index >= 15 is 0 Å². The number of hydrogen-bond acceptors (Lipinski definition) is 4. The zero-order valence-corrected chi connectivity index (χ0v) is 19.4. The Kier molecular flexibility index (Phi) is 7.25. The number of rotatable bonds is 8. The van der Waals surface area contributed by atoms with Gasteiger partial charge in [-0.2, -0.15) is 5.26 Å². The second kappa shape index (κ2) is 9.72. The Morgan fingerprint density at radius 2 is 2.06 bits per heavy atom. The monoisotopic (exact) mass is 425 g/mol. The smallest absolute Gasteiger partial charge is 0.349 e. The minimum absolute atomic E-state index is 0.0684. The van der Waals surface area contributed by atoms with Gasteiger partial charge in [0, 0.05) is 24.0 Å². The molecule has 5 atom stereocenters. The second-order valence-corrected chi connectivity index (χ2v) is 9.33. The second-order valence-electron chi connectivity index (χ2n) is 9.33. The van der Waals surface area contributed by atoms with E-state index in [2.05, 4.69) is 16.8 Å². The number of esters is 1. The van der Waals surface area contributed by atoms with Crippen molar-refractivity contribution in [3.05, 3.63) is 28.6 Å². The summed E-state index contributed by atoms with van der Waals surface area (Å²) in [7, 11) is 0. The minimum atomic E-state index is -0.946. The highest BCUT2D eigenvalue weighted by Gasteiger charge is 2.42. The molecule has 0 unspecified atom stereocenters. The number of hydrogen-bond donors (Lipinski definition) is 1. The van der Waals surface area contributed by atoms with Gasteiger partial charge in [0.2, 0.25) is 0 Å². The molecule has 1 aromatic rings. The summed E-state index contributed by atoms with van der Waals surface area (Å²) in [5.74, 6) is 0.962. The molecule has 168 valence electrons. The molecule has 1 N–H and O–H groups in total. The quantitative estimate of drug-likeness (QED) is 0.382. The molecule has 0 aromatic carbocycles. The summed E-state index contributed by atoms with van der Waals surface area (Å²) >= 11 is 0. The number of carbonyl (C=O) groups is 2. The van der Waals surface area contributed by atoms with E-state index in [1.165, 1.54) is 25.7 Å². The van der Waals surface area contributed by atoms with Crippen LogP contribution in [-0.2, 0) is 20.9 Å². The fourth-order valence-electron chi connectivity index (χ4n) is 5.47. The maximum Gasteiger partial charge on any atom is 0.349 e. The zero-order chi connectivity index (χ0) is 22.7. The van der Waals surface area contributed by atoms with Crippen LogP contribution < -0.4 is 5.32 Å². The van der Waals surface area contributed by atoms with Crippen molar-refractivity contribution in [2.45, 2.75) is 85.4 Å². The van der Waals surface area contributed by atoms with Crippen molar-refractivity contribution < 1.29 is 14.3 Å². The first-order valence-corrected chi connectivity index (χ1v) is 11.5. The van der Waals surface area contributed by atoms with Crippen molar-refractivity contribution in [2.24, 2.45) is 17.8 Å². The van der Waals surface area contributed by atoms with Gasteiger partial charge in [0.1, 0.15) is 11.6 Å². The number of nitrogens with zero attached hydrogens (tertiary/aromatic N) is 2. The normalized spacial score (nSPS) is 24.5. The number of aromatic nitrogens is 1. The Bertz CT molecular complexity index is 908. The van der Waals surface area contributed by atoms with Gasteiger partial charge in [-0.05, 0) is 88.8 Å². The van der Waals surface area contributed by atoms with E-state index in [1.807, 2.05) is 32.9 Å². The number of nitrogens with one attached hydrogen (secondary N) is 1. The highest BCUT2D eigenvalue weighted by atomic mass is 16.5. The van der Waals surface area contributed by atoms with Gasteiger partial charge in [-0.25, -0.2) is 4.79 Å². The fraction of sp³-hybridized carbons (Fsp3) is 0.640. The Morgan fingerprint density at radius 1 is 1.32 bits per heavy atom. The predicted molar refractivity (Wildman–Crippen MR) is 120 cm³/mol. The molecule has 1 aromatic heterocycles. The number of carbonyl (C=O) groups excluding carboxylic acids is 2. The van der Waals surface area contributed by atoms with Gasteiger partial charge in [-0.1, -0.05) is 13.3 Å². The van der Waals surface area contributed by atoms with Crippen LogP contribution in [0, 0.1) is 42.9 Å².